The van der Waals surface area contributed by atoms with Gasteiger partial charge in [0.05, 0.1) is 6.61 Å². The molecule has 0 aromatic rings. The molecular formula is C15H30N2O. The highest BCUT2D eigenvalue weighted by molar-refractivity contribution is 4.77. The van der Waals surface area contributed by atoms with Gasteiger partial charge in [-0.15, -0.1) is 0 Å². The fraction of sp³-hybridized carbons (Fsp3) is 1.00. The third-order valence-electron chi connectivity index (χ3n) is 4.71. The zero-order valence-corrected chi connectivity index (χ0v) is 12.2. The maximum atomic E-state index is 5.39. The molecule has 0 amide bonds. The number of nitrogens with one attached hydrogen (secondary N) is 1. The van der Waals surface area contributed by atoms with Crippen molar-refractivity contribution in [3.8, 4) is 0 Å². The molecule has 1 N–H and O–H groups in total. The van der Waals surface area contributed by atoms with Crippen LogP contribution in [0, 0.1) is 11.8 Å². The van der Waals surface area contributed by atoms with Crippen molar-refractivity contribution in [2.75, 3.05) is 39.9 Å². The fourth-order valence-electron chi connectivity index (χ4n) is 3.17. The minimum absolute atomic E-state index is 0.755. The van der Waals surface area contributed by atoms with Crippen molar-refractivity contribution in [1.82, 2.24) is 10.2 Å². The Labute approximate surface area is 112 Å². The van der Waals surface area contributed by atoms with Gasteiger partial charge in [0.15, 0.2) is 0 Å². The third-order valence-corrected chi connectivity index (χ3v) is 4.71. The Balaban J connectivity index is 1.52. The molecule has 0 radical (unpaired) electrons. The Kier molecular flexibility index (Phi) is 5.93. The van der Waals surface area contributed by atoms with Gasteiger partial charge in [-0.2, -0.15) is 0 Å². The molecule has 1 saturated carbocycles. The average Bonchev–Trinajstić information content (AvgIpc) is 2.88. The molecule has 2 aliphatic rings. The van der Waals surface area contributed by atoms with Crippen molar-refractivity contribution < 1.29 is 4.74 Å². The van der Waals surface area contributed by atoms with Gasteiger partial charge in [0.2, 0.25) is 0 Å². The molecule has 3 nitrogen and oxygen atoms in total. The zero-order chi connectivity index (χ0) is 12.8. The summed E-state index contributed by atoms with van der Waals surface area (Å²) in [5, 5.41) is 3.58. The zero-order valence-electron chi connectivity index (χ0n) is 12.2. The van der Waals surface area contributed by atoms with E-state index in [2.05, 4.69) is 24.2 Å². The van der Waals surface area contributed by atoms with E-state index in [0.717, 1.165) is 44.2 Å². The molecule has 0 aromatic carbocycles. The maximum Gasteiger partial charge on any atom is 0.0507 e. The van der Waals surface area contributed by atoms with E-state index in [-0.39, 0.29) is 0 Å². The molecule has 18 heavy (non-hydrogen) atoms. The van der Waals surface area contributed by atoms with Crippen LogP contribution in [0.4, 0.5) is 0 Å². The van der Waals surface area contributed by atoms with Crippen LogP contribution in [0.5, 0.6) is 0 Å². The van der Waals surface area contributed by atoms with Crippen LogP contribution in [-0.4, -0.2) is 50.8 Å². The normalized spacial score (nSPS) is 33.2. The quantitative estimate of drug-likeness (QED) is 0.735. The summed E-state index contributed by atoms with van der Waals surface area (Å²) in [6, 6.07) is 0.831. The van der Waals surface area contributed by atoms with Crippen LogP contribution < -0.4 is 5.32 Å². The minimum atomic E-state index is 0.755. The molecule has 1 saturated heterocycles. The first-order valence-electron chi connectivity index (χ1n) is 7.74. The Hall–Kier alpha value is -0.120. The Morgan fingerprint density at radius 3 is 2.61 bits per heavy atom. The molecule has 1 unspecified atom stereocenters. The predicted molar refractivity (Wildman–Crippen MR) is 75.8 cm³/mol. The van der Waals surface area contributed by atoms with E-state index in [0.29, 0.717) is 0 Å². The molecule has 0 aromatic heterocycles. The van der Waals surface area contributed by atoms with Crippen molar-refractivity contribution in [2.45, 2.75) is 45.1 Å². The van der Waals surface area contributed by atoms with Crippen molar-refractivity contribution in [3.05, 3.63) is 0 Å². The maximum absolute atomic E-state index is 5.39. The van der Waals surface area contributed by atoms with Gasteiger partial charge in [0.1, 0.15) is 0 Å². The highest BCUT2D eigenvalue weighted by atomic mass is 16.5. The Morgan fingerprint density at radius 2 is 1.94 bits per heavy atom. The second-order valence-corrected chi connectivity index (χ2v) is 6.33. The molecule has 0 bridgehead atoms. The summed E-state index contributed by atoms with van der Waals surface area (Å²) in [5.74, 6) is 1.71. The van der Waals surface area contributed by atoms with Gasteiger partial charge in [-0.3, -0.25) is 0 Å². The first kappa shape index (κ1) is 14.3. The lowest BCUT2D eigenvalue weighted by Gasteiger charge is -2.33. The lowest BCUT2D eigenvalue weighted by Crippen LogP contribution is -2.39. The number of nitrogens with zero attached hydrogens (tertiary/aromatic N) is 1. The molecule has 1 atom stereocenters. The van der Waals surface area contributed by atoms with Crippen LogP contribution in [0.25, 0.3) is 0 Å². The predicted octanol–water partition coefficient (Wildman–Crippen LogP) is 2.12. The van der Waals surface area contributed by atoms with Crippen molar-refractivity contribution in [1.29, 1.82) is 0 Å². The lowest BCUT2D eigenvalue weighted by atomic mass is 9.87. The second kappa shape index (κ2) is 7.46. The smallest absolute Gasteiger partial charge is 0.0507 e. The summed E-state index contributed by atoms with van der Waals surface area (Å²) in [7, 11) is 2.29. The van der Waals surface area contributed by atoms with E-state index in [9.17, 15) is 0 Å². The van der Waals surface area contributed by atoms with Crippen LogP contribution in [0.1, 0.15) is 39.0 Å². The number of ether oxygens (including phenoxy) is 1. The molecule has 1 heterocycles. The number of hydrogen-bond acceptors (Lipinski definition) is 3. The van der Waals surface area contributed by atoms with Gasteiger partial charge in [-0.05, 0) is 51.0 Å². The standard InChI is InChI=1S/C15H30N2O/c1-13-3-5-15(6-4-13)17(2)9-8-16-11-14-7-10-18-12-14/h13-16H,3-12H2,1-2H3. The van der Waals surface area contributed by atoms with Gasteiger partial charge in [-0.1, -0.05) is 6.92 Å². The summed E-state index contributed by atoms with van der Waals surface area (Å²) in [4.78, 5) is 2.56. The van der Waals surface area contributed by atoms with Gasteiger partial charge < -0.3 is 15.0 Å². The van der Waals surface area contributed by atoms with Gasteiger partial charge in [0.25, 0.3) is 0 Å². The van der Waals surface area contributed by atoms with Crippen LogP contribution in [0.15, 0.2) is 0 Å². The SMILES string of the molecule is CC1CCC(N(C)CCNCC2CCOC2)CC1. The van der Waals surface area contributed by atoms with E-state index in [4.69, 9.17) is 4.74 Å². The highest BCUT2D eigenvalue weighted by Gasteiger charge is 2.21. The van der Waals surface area contributed by atoms with Crippen LogP contribution in [-0.2, 0) is 4.74 Å². The molecule has 1 aliphatic carbocycles. The van der Waals surface area contributed by atoms with Crippen LogP contribution in [0.2, 0.25) is 0 Å². The van der Waals surface area contributed by atoms with Crippen molar-refractivity contribution in [3.63, 3.8) is 0 Å². The number of rotatable bonds is 6. The molecule has 0 spiro atoms. The summed E-state index contributed by atoms with van der Waals surface area (Å²) in [6.07, 6.45) is 6.87. The minimum Gasteiger partial charge on any atom is -0.381 e. The van der Waals surface area contributed by atoms with Gasteiger partial charge >= 0.3 is 0 Å². The van der Waals surface area contributed by atoms with E-state index in [1.807, 2.05) is 0 Å². The Bertz CT molecular complexity index is 221. The highest BCUT2D eigenvalue weighted by Crippen LogP contribution is 2.26. The molecule has 2 fully saturated rings. The summed E-state index contributed by atoms with van der Waals surface area (Å²) in [6.45, 7) is 7.76. The van der Waals surface area contributed by atoms with Crippen LogP contribution >= 0.6 is 0 Å². The fourth-order valence-corrected chi connectivity index (χ4v) is 3.17. The first-order valence-corrected chi connectivity index (χ1v) is 7.74. The van der Waals surface area contributed by atoms with E-state index in [1.54, 1.807) is 0 Å². The van der Waals surface area contributed by atoms with Gasteiger partial charge in [0, 0.05) is 32.3 Å². The van der Waals surface area contributed by atoms with Crippen molar-refractivity contribution in [2.24, 2.45) is 11.8 Å². The summed E-state index contributed by atoms with van der Waals surface area (Å²) in [5.41, 5.74) is 0. The topological polar surface area (TPSA) is 24.5 Å². The summed E-state index contributed by atoms with van der Waals surface area (Å²) >= 11 is 0. The largest absolute Gasteiger partial charge is 0.381 e. The third kappa shape index (κ3) is 4.52. The summed E-state index contributed by atoms with van der Waals surface area (Å²) < 4.78 is 5.39. The lowest BCUT2D eigenvalue weighted by molar-refractivity contribution is 0.168. The van der Waals surface area contributed by atoms with E-state index >= 15 is 0 Å². The van der Waals surface area contributed by atoms with Crippen molar-refractivity contribution >= 4 is 0 Å². The Morgan fingerprint density at radius 1 is 1.17 bits per heavy atom. The van der Waals surface area contributed by atoms with Gasteiger partial charge in [-0.25, -0.2) is 0 Å². The van der Waals surface area contributed by atoms with E-state index < -0.39 is 0 Å². The molecule has 106 valence electrons. The number of likely N-dealkylation sites (N-methyl/N-ethyl adjacent to an activating group) is 1. The molecule has 1 aliphatic heterocycles. The average molecular weight is 254 g/mol. The number of hydrogen-bond donors (Lipinski definition) is 1. The molecule has 2 rings (SSSR count). The van der Waals surface area contributed by atoms with Crippen LogP contribution in [0.3, 0.4) is 0 Å². The first-order chi connectivity index (χ1) is 8.75. The molecule has 3 heteroatoms. The monoisotopic (exact) mass is 254 g/mol. The van der Waals surface area contributed by atoms with E-state index in [1.165, 1.54) is 38.6 Å². The second-order valence-electron chi connectivity index (χ2n) is 6.33. The molecular weight excluding hydrogens is 224 g/mol.